The maximum absolute atomic E-state index is 12.1. The molecule has 1 atom stereocenters. The summed E-state index contributed by atoms with van der Waals surface area (Å²) in [5.41, 5.74) is 2.21. The number of benzene rings is 1. The van der Waals surface area contributed by atoms with Crippen molar-refractivity contribution in [1.29, 1.82) is 0 Å². The van der Waals surface area contributed by atoms with E-state index < -0.39 is 17.1 Å². The van der Waals surface area contributed by atoms with Crippen LogP contribution < -0.4 is 10.1 Å². The van der Waals surface area contributed by atoms with Crippen LogP contribution in [0.25, 0.3) is 0 Å². The lowest BCUT2D eigenvalue weighted by Gasteiger charge is -2.12. The molecule has 0 bridgehead atoms. The lowest BCUT2D eigenvalue weighted by atomic mass is 10.1. The minimum atomic E-state index is -1.35. The van der Waals surface area contributed by atoms with Gasteiger partial charge >= 0.3 is 11.1 Å². The number of aryl methyl sites for hydroxylation is 1. The maximum atomic E-state index is 12.1. The summed E-state index contributed by atoms with van der Waals surface area (Å²) >= 11 is -1.35. The van der Waals surface area contributed by atoms with Crippen LogP contribution >= 0.6 is 0 Å². The molecule has 0 amide bonds. The smallest absolute Gasteiger partial charge is 0.344 e. The topological polar surface area (TPSA) is 96.4 Å². The van der Waals surface area contributed by atoms with E-state index in [2.05, 4.69) is 15.3 Å². The number of methoxy groups -OCH3 is 1. The van der Waals surface area contributed by atoms with Crippen molar-refractivity contribution in [3.8, 4) is 5.75 Å². The molecule has 1 aromatic heterocycles. The summed E-state index contributed by atoms with van der Waals surface area (Å²) in [7, 11) is 1.62. The predicted octanol–water partition coefficient (Wildman–Crippen LogP) is 2.32. The second kappa shape index (κ2) is 8.68. The highest BCUT2D eigenvalue weighted by Crippen LogP contribution is 2.20. The first-order chi connectivity index (χ1) is 12.0. The third kappa shape index (κ3) is 4.83. The fraction of sp³-hybridized carbons (Fsp3) is 0.353. The quantitative estimate of drug-likeness (QED) is 0.458. The summed E-state index contributed by atoms with van der Waals surface area (Å²) in [6.45, 7) is 4.36. The molecule has 0 aliphatic carbocycles. The minimum Gasteiger partial charge on any atom is -0.609 e. The molecule has 1 aromatic carbocycles. The number of nitrogens with one attached hydrogen (secondary N) is 1. The Labute approximate surface area is 150 Å². The number of esters is 1. The Bertz CT molecular complexity index is 753. The molecule has 0 aliphatic heterocycles. The van der Waals surface area contributed by atoms with Gasteiger partial charge in [0.25, 0.3) is 0 Å². The summed E-state index contributed by atoms with van der Waals surface area (Å²) in [4.78, 5) is 20.2. The summed E-state index contributed by atoms with van der Waals surface area (Å²) < 4.78 is 21.9. The Kier molecular flexibility index (Phi) is 6.60. The number of anilines is 1. The largest absolute Gasteiger partial charge is 0.609 e. The van der Waals surface area contributed by atoms with E-state index in [1.165, 1.54) is 12.5 Å². The first kappa shape index (κ1) is 19.0. The van der Waals surface area contributed by atoms with Crippen molar-refractivity contribution in [2.45, 2.75) is 25.5 Å². The Hall–Kier alpha value is -2.32. The molecule has 0 saturated carbocycles. The van der Waals surface area contributed by atoms with Crippen molar-refractivity contribution in [2.24, 2.45) is 0 Å². The van der Waals surface area contributed by atoms with Crippen LogP contribution in [0.3, 0.4) is 0 Å². The monoisotopic (exact) mass is 363 g/mol. The van der Waals surface area contributed by atoms with Gasteiger partial charge in [-0.3, -0.25) is 0 Å². The van der Waals surface area contributed by atoms with Gasteiger partial charge in [0.15, 0.2) is 0 Å². The number of carbonyl (C=O) groups is 1. The molecule has 2 rings (SSSR count). The molecule has 25 heavy (non-hydrogen) atoms. The minimum absolute atomic E-state index is 0.154. The van der Waals surface area contributed by atoms with Crippen molar-refractivity contribution in [3.05, 3.63) is 41.1 Å². The van der Waals surface area contributed by atoms with Crippen LogP contribution in [0.1, 0.15) is 28.4 Å². The Morgan fingerprint density at radius 2 is 2.16 bits per heavy atom. The molecule has 0 aliphatic rings. The van der Waals surface area contributed by atoms with E-state index in [9.17, 15) is 9.35 Å². The van der Waals surface area contributed by atoms with E-state index in [1.807, 2.05) is 25.1 Å². The molecule has 0 radical (unpaired) electrons. The highest BCUT2D eigenvalue weighted by molar-refractivity contribution is 7.90. The maximum Gasteiger partial charge on any atom is 0.344 e. The van der Waals surface area contributed by atoms with Gasteiger partial charge in [0.05, 0.1) is 19.9 Å². The van der Waals surface area contributed by atoms with Crippen LogP contribution in [0, 0.1) is 6.92 Å². The van der Waals surface area contributed by atoms with Crippen molar-refractivity contribution >= 4 is 23.0 Å². The van der Waals surface area contributed by atoms with E-state index in [4.69, 9.17) is 9.47 Å². The van der Waals surface area contributed by atoms with E-state index in [0.717, 1.165) is 16.9 Å². The molecule has 1 unspecified atom stereocenters. The molecular formula is C17H21N3O4S. The fourth-order valence-electron chi connectivity index (χ4n) is 2.23. The lowest BCUT2D eigenvalue weighted by Crippen LogP contribution is -2.15. The molecule has 0 spiro atoms. The number of carbonyl (C=O) groups excluding carboxylic acids is 1. The van der Waals surface area contributed by atoms with Gasteiger partial charge in [0.1, 0.15) is 23.4 Å². The first-order valence-corrected chi connectivity index (χ1v) is 9.27. The third-order valence-corrected chi connectivity index (χ3v) is 4.15. The zero-order valence-corrected chi connectivity index (χ0v) is 15.5. The number of nitrogens with zero attached hydrogens (tertiary/aromatic N) is 2. The molecule has 8 heteroatoms. The SMILES string of the molecule is CCOC(=O)c1cnc([S+](C)[O-])nc1NCc1ccc(OC)c(C)c1. The second-order valence-electron chi connectivity index (χ2n) is 5.25. The van der Waals surface area contributed by atoms with Gasteiger partial charge < -0.3 is 19.3 Å². The van der Waals surface area contributed by atoms with Gasteiger partial charge in [0.2, 0.25) is 0 Å². The average Bonchev–Trinajstić information content (AvgIpc) is 2.60. The molecular weight excluding hydrogens is 342 g/mol. The van der Waals surface area contributed by atoms with E-state index in [0.29, 0.717) is 12.4 Å². The molecule has 7 nitrogen and oxygen atoms in total. The summed E-state index contributed by atoms with van der Waals surface area (Å²) in [5, 5.41) is 3.26. The van der Waals surface area contributed by atoms with Gasteiger partial charge in [0, 0.05) is 17.7 Å². The first-order valence-electron chi connectivity index (χ1n) is 7.71. The second-order valence-corrected chi connectivity index (χ2v) is 6.52. The van der Waals surface area contributed by atoms with Gasteiger partial charge in [-0.15, -0.1) is 0 Å². The Morgan fingerprint density at radius 3 is 2.76 bits per heavy atom. The zero-order chi connectivity index (χ0) is 18.4. The number of rotatable bonds is 7. The van der Waals surface area contributed by atoms with Crippen molar-refractivity contribution < 1.29 is 18.8 Å². The fourth-order valence-corrected chi connectivity index (χ4v) is 2.65. The van der Waals surface area contributed by atoms with Crippen LogP contribution in [0.5, 0.6) is 5.75 Å². The molecule has 1 heterocycles. The molecule has 0 fully saturated rings. The highest BCUT2D eigenvalue weighted by Gasteiger charge is 2.19. The number of aromatic nitrogens is 2. The van der Waals surface area contributed by atoms with Crippen LogP contribution in [0.4, 0.5) is 5.82 Å². The zero-order valence-electron chi connectivity index (χ0n) is 14.7. The highest BCUT2D eigenvalue weighted by atomic mass is 32.2. The molecule has 1 N–H and O–H groups in total. The van der Waals surface area contributed by atoms with Crippen LogP contribution in [-0.4, -0.2) is 40.5 Å². The summed E-state index contributed by atoms with van der Waals surface area (Å²) in [5.74, 6) is 0.582. The summed E-state index contributed by atoms with van der Waals surface area (Å²) in [6, 6.07) is 5.78. The average molecular weight is 363 g/mol. The van der Waals surface area contributed by atoms with Crippen LogP contribution in [0.15, 0.2) is 29.6 Å². The normalized spacial score (nSPS) is 11.7. The van der Waals surface area contributed by atoms with Gasteiger partial charge in [-0.05, 0) is 31.0 Å². The number of ether oxygens (including phenoxy) is 2. The number of hydrogen-bond acceptors (Lipinski definition) is 7. The van der Waals surface area contributed by atoms with Gasteiger partial charge in [-0.1, -0.05) is 12.1 Å². The molecule has 2 aromatic rings. The molecule has 0 saturated heterocycles. The van der Waals surface area contributed by atoms with Crippen molar-refractivity contribution in [2.75, 3.05) is 25.3 Å². The van der Waals surface area contributed by atoms with Gasteiger partial charge in [-0.25, -0.2) is 4.79 Å². The Morgan fingerprint density at radius 1 is 1.40 bits per heavy atom. The number of hydrogen-bond donors (Lipinski definition) is 1. The van der Waals surface area contributed by atoms with E-state index in [1.54, 1.807) is 14.0 Å². The third-order valence-electron chi connectivity index (χ3n) is 3.44. The molecule has 134 valence electrons. The Balaban J connectivity index is 2.25. The van der Waals surface area contributed by atoms with E-state index >= 15 is 0 Å². The van der Waals surface area contributed by atoms with E-state index in [-0.39, 0.29) is 17.3 Å². The van der Waals surface area contributed by atoms with Crippen LogP contribution in [0.2, 0.25) is 0 Å². The lowest BCUT2D eigenvalue weighted by molar-refractivity contribution is 0.0526. The summed E-state index contributed by atoms with van der Waals surface area (Å²) in [6.07, 6.45) is 2.82. The predicted molar refractivity (Wildman–Crippen MR) is 95.4 cm³/mol. The van der Waals surface area contributed by atoms with Gasteiger partial charge in [-0.2, -0.15) is 9.97 Å². The standard InChI is InChI=1S/C17H21N3O4S/c1-5-24-16(21)13-10-19-17(25(4)22)20-15(13)18-9-12-6-7-14(23-3)11(2)8-12/h6-8,10H,5,9H2,1-4H3,(H,18,19,20). The van der Waals surface area contributed by atoms with Crippen LogP contribution in [-0.2, 0) is 22.5 Å². The van der Waals surface area contributed by atoms with Crippen molar-refractivity contribution in [1.82, 2.24) is 9.97 Å². The van der Waals surface area contributed by atoms with Crippen molar-refractivity contribution in [3.63, 3.8) is 0 Å².